The third-order valence-electron chi connectivity index (χ3n) is 6.07. The molecule has 0 spiro atoms. The highest BCUT2D eigenvalue weighted by Gasteiger charge is 2.18. The maximum atomic E-state index is 8.65. The van der Waals surface area contributed by atoms with E-state index < -0.39 is 6.04 Å². The second-order valence-electron chi connectivity index (χ2n) is 7.57. The molecule has 1 aromatic heterocycles. The number of fused-ring (bicyclic) bond motifs is 4. The molecule has 140 valence electrons. The standard InChI is InChI=1S/C28H16BrN/c29-23-15-12-17-10-11-18-16-25-28(22-14-13-20(23)26(17)27(18)22)21-8-4-5-9-24(21)30(25)19-6-2-1-3-7-19/h1-16H/i1D,2D,3D,6D,7D. The van der Waals surface area contributed by atoms with Crippen molar-refractivity contribution in [2.24, 2.45) is 0 Å². The van der Waals surface area contributed by atoms with Crippen LogP contribution in [0, 0.1) is 0 Å². The first-order valence-corrected chi connectivity index (χ1v) is 10.5. The third-order valence-corrected chi connectivity index (χ3v) is 6.77. The molecule has 0 aliphatic carbocycles. The van der Waals surface area contributed by atoms with E-state index in [-0.39, 0.29) is 29.9 Å². The van der Waals surface area contributed by atoms with Gasteiger partial charge in [-0.3, -0.25) is 0 Å². The van der Waals surface area contributed by atoms with Crippen LogP contribution >= 0.6 is 15.9 Å². The van der Waals surface area contributed by atoms with Crippen LogP contribution in [0.25, 0.3) is 59.8 Å². The van der Waals surface area contributed by atoms with E-state index in [9.17, 15) is 0 Å². The van der Waals surface area contributed by atoms with E-state index in [4.69, 9.17) is 6.85 Å². The van der Waals surface area contributed by atoms with E-state index in [0.717, 1.165) is 53.2 Å². The summed E-state index contributed by atoms with van der Waals surface area (Å²) in [5.41, 5.74) is 1.78. The van der Waals surface area contributed by atoms with E-state index in [2.05, 4.69) is 58.4 Å². The van der Waals surface area contributed by atoms with Gasteiger partial charge in [-0.2, -0.15) is 0 Å². The number of rotatable bonds is 1. The quantitative estimate of drug-likeness (QED) is 0.221. The molecule has 7 aromatic rings. The van der Waals surface area contributed by atoms with Crippen LogP contribution in [0.2, 0.25) is 0 Å². The summed E-state index contributed by atoms with van der Waals surface area (Å²) in [7, 11) is 0. The van der Waals surface area contributed by atoms with Crippen LogP contribution in [0.4, 0.5) is 0 Å². The smallest absolute Gasteiger partial charge is 0.0645 e. The van der Waals surface area contributed by atoms with Crippen LogP contribution in [-0.4, -0.2) is 4.57 Å². The summed E-state index contributed by atoms with van der Waals surface area (Å²) < 4.78 is 44.7. The van der Waals surface area contributed by atoms with Crippen LogP contribution in [0.15, 0.2) is 101 Å². The van der Waals surface area contributed by atoms with Gasteiger partial charge in [0.15, 0.2) is 0 Å². The molecule has 1 nitrogen and oxygen atoms in total. The number of para-hydroxylation sites is 2. The normalized spacial score (nSPS) is 14.5. The summed E-state index contributed by atoms with van der Waals surface area (Å²) in [5, 5.41) is 8.77. The minimum Gasteiger partial charge on any atom is -0.309 e. The molecule has 0 amide bonds. The average molecular weight is 451 g/mol. The van der Waals surface area contributed by atoms with Crippen molar-refractivity contribution in [3.8, 4) is 5.69 Å². The number of benzene rings is 6. The first-order chi connectivity index (χ1) is 16.9. The van der Waals surface area contributed by atoms with Crippen molar-refractivity contribution in [1.29, 1.82) is 0 Å². The van der Waals surface area contributed by atoms with Crippen molar-refractivity contribution in [2.45, 2.75) is 0 Å². The van der Waals surface area contributed by atoms with Gasteiger partial charge in [-0.25, -0.2) is 0 Å². The molecule has 2 heteroatoms. The molecular formula is C28H16BrN. The molecule has 0 saturated heterocycles. The van der Waals surface area contributed by atoms with Gasteiger partial charge in [0, 0.05) is 20.9 Å². The van der Waals surface area contributed by atoms with Crippen LogP contribution in [0.1, 0.15) is 6.85 Å². The summed E-state index contributed by atoms with van der Waals surface area (Å²) in [6.07, 6.45) is 0. The third kappa shape index (κ3) is 2.02. The lowest BCUT2D eigenvalue weighted by atomic mass is 9.92. The number of hydrogen-bond donors (Lipinski definition) is 0. The zero-order valence-electron chi connectivity index (χ0n) is 20.7. The summed E-state index contributed by atoms with van der Waals surface area (Å²) in [6, 6.07) is 21.1. The maximum Gasteiger partial charge on any atom is 0.0645 e. The Bertz CT molecular complexity index is 2000. The molecule has 0 aliphatic heterocycles. The Morgan fingerprint density at radius 1 is 0.633 bits per heavy atom. The van der Waals surface area contributed by atoms with Gasteiger partial charge in [0.25, 0.3) is 0 Å². The van der Waals surface area contributed by atoms with Gasteiger partial charge in [0.1, 0.15) is 0 Å². The molecule has 0 unspecified atom stereocenters. The van der Waals surface area contributed by atoms with Crippen molar-refractivity contribution in [2.75, 3.05) is 0 Å². The van der Waals surface area contributed by atoms with E-state index in [1.54, 1.807) is 0 Å². The number of aromatic nitrogens is 1. The minimum atomic E-state index is -0.391. The van der Waals surface area contributed by atoms with Crippen molar-refractivity contribution in [3.63, 3.8) is 0 Å². The van der Waals surface area contributed by atoms with Crippen LogP contribution in [0.3, 0.4) is 0 Å². The fourth-order valence-corrected chi connectivity index (χ4v) is 5.35. The molecule has 0 atom stereocenters. The predicted octanol–water partition coefficient (Wildman–Crippen LogP) is 8.44. The molecule has 1 heterocycles. The van der Waals surface area contributed by atoms with E-state index in [0.29, 0.717) is 0 Å². The highest BCUT2D eigenvalue weighted by molar-refractivity contribution is 9.10. The first-order valence-electron chi connectivity index (χ1n) is 12.2. The number of halogens is 1. The molecular weight excluding hydrogens is 430 g/mol. The number of hydrogen-bond acceptors (Lipinski definition) is 0. The largest absolute Gasteiger partial charge is 0.309 e. The number of nitrogens with zero attached hydrogens (tertiary/aromatic N) is 1. The van der Waals surface area contributed by atoms with E-state index in [1.807, 2.05) is 28.8 Å². The van der Waals surface area contributed by atoms with Gasteiger partial charge >= 0.3 is 0 Å². The summed E-state index contributed by atoms with van der Waals surface area (Å²) in [4.78, 5) is 0. The van der Waals surface area contributed by atoms with Gasteiger partial charge in [0.2, 0.25) is 0 Å². The van der Waals surface area contributed by atoms with Gasteiger partial charge in [-0.15, -0.1) is 0 Å². The van der Waals surface area contributed by atoms with Crippen LogP contribution in [-0.2, 0) is 0 Å². The Morgan fingerprint density at radius 3 is 2.27 bits per heavy atom. The summed E-state index contributed by atoms with van der Waals surface area (Å²) in [5.74, 6) is 0. The van der Waals surface area contributed by atoms with Crippen LogP contribution in [0.5, 0.6) is 0 Å². The van der Waals surface area contributed by atoms with E-state index in [1.165, 1.54) is 5.39 Å². The fraction of sp³-hybridized carbons (Fsp3) is 0. The zero-order valence-corrected chi connectivity index (χ0v) is 17.3. The Labute approximate surface area is 188 Å². The highest BCUT2D eigenvalue weighted by Crippen LogP contribution is 2.44. The molecule has 7 rings (SSSR count). The molecule has 6 aromatic carbocycles. The van der Waals surface area contributed by atoms with Crippen molar-refractivity contribution < 1.29 is 6.85 Å². The Balaban J connectivity index is 1.78. The topological polar surface area (TPSA) is 4.93 Å². The Morgan fingerprint density at radius 2 is 1.37 bits per heavy atom. The second-order valence-corrected chi connectivity index (χ2v) is 8.42. The zero-order chi connectivity index (χ0) is 24.2. The summed E-state index contributed by atoms with van der Waals surface area (Å²) >= 11 is 3.70. The Hall–Kier alpha value is -3.36. The lowest BCUT2D eigenvalue weighted by Crippen LogP contribution is -1.93. The average Bonchev–Trinajstić information content (AvgIpc) is 3.20. The predicted molar refractivity (Wildman–Crippen MR) is 132 cm³/mol. The molecule has 0 radical (unpaired) electrons. The maximum absolute atomic E-state index is 8.65. The fourth-order valence-electron chi connectivity index (χ4n) is 4.89. The molecule has 0 fully saturated rings. The van der Waals surface area contributed by atoms with Crippen LogP contribution < -0.4 is 0 Å². The monoisotopic (exact) mass is 450 g/mol. The molecule has 30 heavy (non-hydrogen) atoms. The lowest BCUT2D eigenvalue weighted by Gasteiger charge is -2.14. The second kappa shape index (κ2) is 5.84. The van der Waals surface area contributed by atoms with E-state index >= 15 is 0 Å². The van der Waals surface area contributed by atoms with Crippen molar-refractivity contribution in [1.82, 2.24) is 4.57 Å². The first kappa shape index (κ1) is 12.4. The van der Waals surface area contributed by atoms with Crippen molar-refractivity contribution >= 4 is 70.1 Å². The van der Waals surface area contributed by atoms with Gasteiger partial charge in [-0.1, -0.05) is 82.6 Å². The molecule has 0 N–H and O–H groups in total. The SMILES string of the molecule is [2H]c1c([2H])c([2H])c(-n2c3ccccc3c3c4ccc5c(Br)ccc6ccc(cc32)c4c65)c([2H])c1[2H]. The minimum absolute atomic E-state index is 0.165. The van der Waals surface area contributed by atoms with Gasteiger partial charge in [-0.05, 0) is 62.6 Å². The lowest BCUT2D eigenvalue weighted by molar-refractivity contribution is 1.18. The molecule has 0 bridgehead atoms. The Kier molecular flexibility index (Phi) is 2.41. The molecule has 0 aliphatic rings. The molecule has 0 saturated carbocycles. The van der Waals surface area contributed by atoms with Gasteiger partial charge in [0.05, 0.1) is 17.9 Å². The summed E-state index contributed by atoms with van der Waals surface area (Å²) in [6.45, 7) is 0. The van der Waals surface area contributed by atoms with Crippen molar-refractivity contribution in [3.05, 3.63) is 101 Å². The van der Waals surface area contributed by atoms with Gasteiger partial charge < -0.3 is 4.57 Å². The highest BCUT2D eigenvalue weighted by atomic mass is 79.9.